The molecule has 0 rings (SSSR count). The largest absolute Gasteiger partial charge is 0.282 e. The molecule has 0 aliphatic heterocycles. The molecular formula is C12H18O2S3. The van der Waals surface area contributed by atoms with Crippen molar-refractivity contribution in [3.05, 3.63) is 24.3 Å². The fourth-order valence-corrected chi connectivity index (χ4v) is 3.41. The Kier molecular flexibility index (Phi) is 9.78. The minimum Gasteiger partial charge on any atom is -0.282 e. The average molecular weight is 290 g/mol. The van der Waals surface area contributed by atoms with Crippen LogP contribution in [-0.4, -0.2) is 33.2 Å². The van der Waals surface area contributed by atoms with E-state index >= 15 is 0 Å². The highest BCUT2D eigenvalue weighted by molar-refractivity contribution is 8.15. The molecule has 0 amide bonds. The first-order valence-electron chi connectivity index (χ1n) is 5.18. The molecule has 0 aromatic rings. The Morgan fingerprint density at radius 2 is 1.18 bits per heavy atom. The summed E-state index contributed by atoms with van der Waals surface area (Å²) in [5.41, 5.74) is 1.20. The summed E-state index contributed by atoms with van der Waals surface area (Å²) in [4.78, 5) is 22.4. The van der Waals surface area contributed by atoms with E-state index in [1.807, 2.05) is 0 Å². The van der Waals surface area contributed by atoms with Gasteiger partial charge in [-0.1, -0.05) is 36.7 Å². The second-order valence-corrected chi connectivity index (χ2v) is 6.81. The van der Waals surface area contributed by atoms with Crippen molar-refractivity contribution in [3.63, 3.8) is 0 Å². The van der Waals surface area contributed by atoms with E-state index in [0.717, 1.165) is 23.0 Å². The van der Waals surface area contributed by atoms with Gasteiger partial charge < -0.3 is 0 Å². The van der Waals surface area contributed by atoms with Gasteiger partial charge in [0, 0.05) is 23.0 Å². The van der Waals surface area contributed by atoms with Gasteiger partial charge in [0.1, 0.15) is 0 Å². The van der Waals surface area contributed by atoms with Crippen LogP contribution in [0.1, 0.15) is 13.8 Å². The van der Waals surface area contributed by atoms with Crippen molar-refractivity contribution in [3.8, 4) is 0 Å². The predicted octanol–water partition coefficient (Wildman–Crippen LogP) is 3.39. The number of hydrogen-bond acceptors (Lipinski definition) is 5. The van der Waals surface area contributed by atoms with Crippen molar-refractivity contribution < 1.29 is 9.59 Å². The molecule has 0 aliphatic rings. The van der Waals surface area contributed by atoms with Crippen LogP contribution in [0.25, 0.3) is 0 Å². The number of carbonyl (C=O) groups excluding carboxylic acids is 2. The first-order valence-corrected chi connectivity index (χ1v) is 8.30. The Hall–Kier alpha value is -0.130. The molecule has 96 valence electrons. The molecule has 0 saturated heterocycles. The zero-order valence-corrected chi connectivity index (χ0v) is 12.7. The summed E-state index contributed by atoms with van der Waals surface area (Å²) >= 11 is 4.37. The number of hydrogen-bond donors (Lipinski definition) is 0. The Labute approximate surface area is 116 Å². The smallest absolute Gasteiger partial charge is 0.214 e. The average Bonchev–Trinajstić information content (AvgIpc) is 2.26. The van der Waals surface area contributed by atoms with Crippen molar-refractivity contribution in [2.45, 2.75) is 13.8 Å². The molecule has 0 atom stereocenters. The van der Waals surface area contributed by atoms with Crippen molar-refractivity contribution >= 4 is 45.5 Å². The minimum absolute atomic E-state index is 0.0671. The maximum Gasteiger partial charge on any atom is 0.214 e. The van der Waals surface area contributed by atoms with Gasteiger partial charge in [-0.3, -0.25) is 9.59 Å². The number of rotatable bonds is 8. The molecule has 17 heavy (non-hydrogen) atoms. The van der Waals surface area contributed by atoms with E-state index in [4.69, 9.17) is 0 Å². The van der Waals surface area contributed by atoms with Crippen molar-refractivity contribution in [2.24, 2.45) is 0 Å². The molecule has 0 aromatic heterocycles. The van der Waals surface area contributed by atoms with Gasteiger partial charge in [-0.2, -0.15) is 11.8 Å². The van der Waals surface area contributed by atoms with Crippen LogP contribution in [-0.2, 0) is 9.59 Å². The van der Waals surface area contributed by atoms with Crippen molar-refractivity contribution in [2.75, 3.05) is 23.0 Å². The van der Waals surface area contributed by atoms with Crippen LogP contribution in [0.2, 0.25) is 0 Å². The molecule has 0 heterocycles. The molecule has 0 fully saturated rings. The highest BCUT2D eigenvalue weighted by Crippen LogP contribution is 2.14. The van der Waals surface area contributed by atoms with Crippen LogP contribution in [0.4, 0.5) is 0 Å². The van der Waals surface area contributed by atoms with E-state index in [0.29, 0.717) is 11.1 Å². The lowest BCUT2D eigenvalue weighted by Crippen LogP contribution is -1.98. The van der Waals surface area contributed by atoms with E-state index in [1.54, 1.807) is 25.6 Å². The molecule has 0 aromatic carbocycles. The highest BCUT2D eigenvalue weighted by Gasteiger charge is 2.04. The molecule has 0 bridgehead atoms. The molecule has 0 N–H and O–H groups in total. The van der Waals surface area contributed by atoms with Gasteiger partial charge in [-0.15, -0.1) is 0 Å². The summed E-state index contributed by atoms with van der Waals surface area (Å²) in [5, 5.41) is 0.134. The van der Waals surface area contributed by atoms with Crippen molar-refractivity contribution in [1.82, 2.24) is 0 Å². The molecule has 0 aliphatic carbocycles. The van der Waals surface area contributed by atoms with Crippen LogP contribution in [0.3, 0.4) is 0 Å². The summed E-state index contributed by atoms with van der Waals surface area (Å²) in [6, 6.07) is 0. The fourth-order valence-electron chi connectivity index (χ4n) is 0.735. The van der Waals surface area contributed by atoms with Gasteiger partial charge in [0.15, 0.2) is 0 Å². The van der Waals surface area contributed by atoms with Crippen LogP contribution in [0, 0.1) is 0 Å². The summed E-state index contributed by atoms with van der Waals surface area (Å²) in [6.45, 7) is 10.6. The quantitative estimate of drug-likeness (QED) is 0.505. The van der Waals surface area contributed by atoms with Gasteiger partial charge in [-0.05, 0) is 25.0 Å². The first kappa shape index (κ1) is 16.9. The number of carbonyl (C=O) groups is 2. The summed E-state index contributed by atoms with van der Waals surface area (Å²) in [7, 11) is 0. The zero-order chi connectivity index (χ0) is 13.3. The molecular weight excluding hydrogens is 272 g/mol. The molecule has 0 radical (unpaired) electrons. The molecule has 5 heteroatoms. The van der Waals surface area contributed by atoms with Crippen molar-refractivity contribution in [1.29, 1.82) is 0 Å². The monoisotopic (exact) mass is 290 g/mol. The maximum atomic E-state index is 11.2. The first-order chi connectivity index (χ1) is 7.95. The van der Waals surface area contributed by atoms with E-state index in [2.05, 4.69) is 13.2 Å². The Morgan fingerprint density at radius 3 is 1.47 bits per heavy atom. The summed E-state index contributed by atoms with van der Waals surface area (Å²) in [5.74, 6) is 3.45. The van der Waals surface area contributed by atoms with Gasteiger partial charge >= 0.3 is 0 Å². The zero-order valence-electron chi connectivity index (χ0n) is 10.3. The fraction of sp³-hybridized carbons (Fsp3) is 0.500. The normalized spacial score (nSPS) is 10.0. The van der Waals surface area contributed by atoms with Gasteiger partial charge in [-0.25, -0.2) is 0 Å². The van der Waals surface area contributed by atoms with E-state index in [9.17, 15) is 9.59 Å². The van der Waals surface area contributed by atoms with Crippen LogP contribution in [0.15, 0.2) is 24.3 Å². The van der Waals surface area contributed by atoms with E-state index in [1.165, 1.54) is 23.5 Å². The van der Waals surface area contributed by atoms with Gasteiger partial charge in [0.2, 0.25) is 10.2 Å². The third kappa shape index (κ3) is 9.56. The Balaban J connectivity index is 3.36. The molecule has 2 nitrogen and oxygen atoms in total. The highest BCUT2D eigenvalue weighted by atomic mass is 32.2. The van der Waals surface area contributed by atoms with Crippen LogP contribution in [0.5, 0.6) is 0 Å². The third-order valence-electron chi connectivity index (χ3n) is 1.62. The second kappa shape index (κ2) is 9.85. The lowest BCUT2D eigenvalue weighted by atomic mass is 10.4. The Bertz CT molecular complexity index is 281. The van der Waals surface area contributed by atoms with Gasteiger partial charge in [0.25, 0.3) is 0 Å². The predicted molar refractivity (Wildman–Crippen MR) is 81.9 cm³/mol. The van der Waals surface area contributed by atoms with Crippen LogP contribution >= 0.6 is 35.3 Å². The van der Waals surface area contributed by atoms with Gasteiger partial charge in [0.05, 0.1) is 0 Å². The molecule has 0 saturated carbocycles. The maximum absolute atomic E-state index is 11.2. The molecule has 0 spiro atoms. The van der Waals surface area contributed by atoms with Crippen LogP contribution < -0.4 is 0 Å². The summed E-state index contributed by atoms with van der Waals surface area (Å²) < 4.78 is 0. The standard InChI is InChI=1S/C12H18O2S3/c1-9(2)11(13)16-7-5-15-6-8-17-12(14)10(3)4/h1,3,5-8H2,2,4H3. The van der Waals surface area contributed by atoms with E-state index in [-0.39, 0.29) is 10.2 Å². The minimum atomic E-state index is 0.0671. The number of thioether (sulfide) groups is 3. The summed E-state index contributed by atoms with van der Waals surface area (Å²) in [6.07, 6.45) is 0. The second-order valence-electron chi connectivity index (χ2n) is 3.44. The SMILES string of the molecule is C=C(C)C(=O)SCCSCCSC(=O)C(=C)C. The Morgan fingerprint density at radius 1 is 0.824 bits per heavy atom. The molecule has 0 unspecified atom stereocenters. The lowest BCUT2D eigenvalue weighted by Gasteiger charge is -2.01. The lowest BCUT2D eigenvalue weighted by molar-refractivity contribution is -0.108. The topological polar surface area (TPSA) is 34.1 Å². The van der Waals surface area contributed by atoms with E-state index < -0.39 is 0 Å². The third-order valence-corrected chi connectivity index (χ3v) is 5.16.